The number of hydrogen-bond donors (Lipinski definition) is 3. The number of H-pyrrole nitrogens is 3. The van der Waals surface area contributed by atoms with Gasteiger partial charge in [0.15, 0.2) is 5.69 Å². The maximum Gasteiger partial charge on any atom is 0.430 e. The maximum atomic E-state index is 13.4. The van der Waals surface area contributed by atoms with Crippen molar-refractivity contribution in [2.75, 3.05) is 14.2 Å². The van der Waals surface area contributed by atoms with Crippen molar-refractivity contribution < 1.29 is 47.1 Å². The number of carboxylic acid groups (broad SMARTS) is 1. The van der Waals surface area contributed by atoms with Gasteiger partial charge in [0.05, 0.1) is 20.6 Å². The number of carbonyl (C=O) groups excluding carboxylic acids is 3. The Morgan fingerprint density at radius 1 is 1.00 bits per heavy atom. The molecule has 0 radical (unpaired) electrons. The Hall–Kier alpha value is -4.81. The van der Waals surface area contributed by atoms with Gasteiger partial charge in [-0.15, -0.1) is 0 Å². The fourth-order valence-corrected chi connectivity index (χ4v) is 4.94. The number of aliphatic carboxylic acids is 1. The number of carbonyl (C=O) groups is 3. The van der Waals surface area contributed by atoms with E-state index in [4.69, 9.17) is 19.4 Å². The van der Waals surface area contributed by atoms with E-state index >= 15 is 0 Å². The molecule has 0 bridgehead atoms. The number of unbranched alkanes of at least 4 members (excludes halogenated alkanes) is 2. The van der Waals surface area contributed by atoms with Crippen LogP contribution in [-0.2, 0) is 20.8 Å². The molecule has 10 nitrogen and oxygen atoms in total. The van der Waals surface area contributed by atoms with Crippen LogP contribution in [0.25, 0.3) is 22.2 Å². The van der Waals surface area contributed by atoms with Crippen molar-refractivity contribution in [2.24, 2.45) is 0 Å². The zero-order valence-corrected chi connectivity index (χ0v) is 26.2. The molecule has 13 heteroatoms. The largest absolute Gasteiger partial charge is 0.542 e. The lowest BCUT2D eigenvalue weighted by atomic mass is 10.0. The molecular weight excluding hydrogens is 605 g/mol. The number of alkyl halides is 3. The lowest BCUT2D eigenvalue weighted by Gasteiger charge is -2.14. The Bertz CT molecular complexity index is 1630. The predicted octanol–water partition coefficient (Wildman–Crippen LogP) is 4.93. The Morgan fingerprint density at radius 2 is 1.70 bits per heavy atom. The van der Waals surface area contributed by atoms with Gasteiger partial charge in [0.25, 0.3) is 5.82 Å². The van der Waals surface area contributed by atoms with E-state index in [1.54, 1.807) is 14.2 Å². The highest BCUT2D eigenvalue weighted by molar-refractivity contribution is 5.91. The first kappa shape index (κ1) is 35.7. The van der Waals surface area contributed by atoms with Crippen molar-refractivity contribution in [3.8, 4) is 22.8 Å². The van der Waals surface area contributed by atoms with E-state index in [1.807, 2.05) is 62.5 Å². The van der Waals surface area contributed by atoms with Gasteiger partial charge in [-0.1, -0.05) is 31.9 Å². The highest BCUT2D eigenvalue weighted by Crippen LogP contribution is 2.28. The highest BCUT2D eigenvalue weighted by atomic mass is 19.4. The first-order valence-electron chi connectivity index (χ1n) is 14.9. The standard InChI is InChI=1S/C31H38N4O4.C2HF3O2/c1-5-22(36)11-7-6-8-13-28(31-32-19-29(35-31)21-10-9-12-23(16-21)38-3)34-30(37)18-25-20(2)33-27-15-14-24(39-4)17-26(25)27;3-2(4,5)1(6)7/h9-10,12,14-17,19,28,33H,5-8,11,13,18H2,1-4H3,(H,32,35)(H,34,37);(H,6,7). The van der Waals surface area contributed by atoms with Crippen molar-refractivity contribution >= 4 is 28.6 Å². The minimum atomic E-state index is -5.19. The van der Waals surface area contributed by atoms with E-state index in [1.165, 1.54) is 0 Å². The molecule has 1 atom stereocenters. The van der Waals surface area contributed by atoms with Crippen LogP contribution in [0.2, 0.25) is 0 Å². The van der Waals surface area contributed by atoms with Gasteiger partial charge in [-0.25, -0.2) is 9.97 Å². The summed E-state index contributed by atoms with van der Waals surface area (Å²) in [4.78, 5) is 44.0. The second-order valence-electron chi connectivity index (χ2n) is 10.7. The summed E-state index contributed by atoms with van der Waals surface area (Å²) in [5.74, 6) is -0.393. The number of aromatic amines is 3. The second-order valence-corrected chi connectivity index (χ2v) is 10.7. The molecule has 1 amide bonds. The van der Waals surface area contributed by atoms with Crippen LogP contribution < -0.4 is 24.9 Å². The first-order chi connectivity index (χ1) is 21.9. The number of aromatic nitrogens is 3. The van der Waals surface area contributed by atoms with Gasteiger partial charge in [0, 0.05) is 35.0 Å². The van der Waals surface area contributed by atoms with Gasteiger partial charge in [0.1, 0.15) is 35.5 Å². The summed E-state index contributed by atoms with van der Waals surface area (Å²) in [7, 11) is 3.29. The molecule has 0 aliphatic heterocycles. The molecule has 2 aromatic carbocycles. The number of benzene rings is 2. The predicted molar refractivity (Wildman–Crippen MR) is 163 cm³/mol. The molecule has 4 aromatic rings. The number of methoxy groups -OCH3 is 2. The zero-order chi connectivity index (χ0) is 33.9. The molecule has 0 saturated heterocycles. The Morgan fingerprint density at radius 3 is 2.35 bits per heavy atom. The lowest BCUT2D eigenvalue weighted by molar-refractivity contribution is -0.391. The van der Waals surface area contributed by atoms with Crippen molar-refractivity contribution in [2.45, 2.75) is 71.0 Å². The summed E-state index contributed by atoms with van der Waals surface area (Å²) < 4.78 is 42.3. The smallest absolute Gasteiger partial charge is 0.430 e. The summed E-state index contributed by atoms with van der Waals surface area (Å²) >= 11 is 0. The third-order valence-electron chi connectivity index (χ3n) is 7.44. The molecule has 0 spiro atoms. The number of fused-ring (bicyclic) bond motifs is 1. The van der Waals surface area contributed by atoms with Gasteiger partial charge in [-0.3, -0.25) is 9.59 Å². The van der Waals surface area contributed by atoms with Gasteiger partial charge in [-0.05, 0) is 55.7 Å². The van der Waals surface area contributed by atoms with Crippen LogP contribution in [0.15, 0.2) is 48.7 Å². The Kier molecular flexibility index (Phi) is 12.8. The molecule has 4 rings (SSSR count). The minimum Gasteiger partial charge on any atom is -0.542 e. The number of ketones is 1. The van der Waals surface area contributed by atoms with Gasteiger partial charge < -0.3 is 29.7 Å². The van der Waals surface area contributed by atoms with Crippen LogP contribution in [0.4, 0.5) is 13.2 Å². The SMILES string of the molecule is CCC(=O)CCCCCC(NC(=O)Cc1c(C)[nH]c2ccc(OC)cc12)c1[nH]c(-c2cccc(OC)c2)c[nH+]1.O=C([O-])C(F)(F)F. The van der Waals surface area contributed by atoms with Crippen LogP contribution in [-0.4, -0.2) is 48.0 Å². The number of aryl methyl sites for hydroxylation is 1. The fourth-order valence-electron chi connectivity index (χ4n) is 4.94. The number of halogens is 3. The van der Waals surface area contributed by atoms with Crippen molar-refractivity contribution in [3.05, 3.63) is 65.7 Å². The maximum absolute atomic E-state index is 13.4. The van der Waals surface area contributed by atoms with Crippen LogP contribution in [0.1, 0.15) is 68.6 Å². The molecule has 248 valence electrons. The van der Waals surface area contributed by atoms with Crippen LogP contribution in [0.5, 0.6) is 11.5 Å². The number of ether oxygens (including phenoxy) is 2. The van der Waals surface area contributed by atoms with Crippen molar-refractivity contribution in [1.29, 1.82) is 0 Å². The van der Waals surface area contributed by atoms with E-state index in [0.29, 0.717) is 18.6 Å². The van der Waals surface area contributed by atoms with Gasteiger partial charge in [-0.2, -0.15) is 13.2 Å². The number of rotatable bonds is 14. The number of amides is 1. The highest BCUT2D eigenvalue weighted by Gasteiger charge is 2.29. The normalized spacial score (nSPS) is 11.8. The average Bonchev–Trinajstić information content (AvgIpc) is 3.64. The van der Waals surface area contributed by atoms with Crippen molar-refractivity contribution in [1.82, 2.24) is 15.3 Å². The molecule has 0 saturated carbocycles. The number of hydrogen-bond acceptors (Lipinski definition) is 6. The minimum absolute atomic E-state index is 0.0566. The summed E-state index contributed by atoms with van der Waals surface area (Å²) in [6.45, 7) is 3.89. The molecule has 0 aliphatic carbocycles. The van der Waals surface area contributed by atoms with Gasteiger partial charge in [0.2, 0.25) is 5.91 Å². The Labute approximate surface area is 264 Å². The fraction of sp³-hybridized carbons (Fsp3) is 0.394. The van der Waals surface area contributed by atoms with E-state index in [9.17, 15) is 22.8 Å². The van der Waals surface area contributed by atoms with Crippen LogP contribution in [0.3, 0.4) is 0 Å². The zero-order valence-electron chi connectivity index (χ0n) is 26.2. The van der Waals surface area contributed by atoms with E-state index in [0.717, 1.165) is 76.4 Å². The summed E-state index contributed by atoms with van der Waals surface area (Å²) in [5, 5.41) is 13.0. The molecule has 46 heavy (non-hydrogen) atoms. The van der Waals surface area contributed by atoms with Crippen LogP contribution >= 0.6 is 0 Å². The molecule has 1 unspecified atom stereocenters. The monoisotopic (exact) mass is 644 g/mol. The third-order valence-corrected chi connectivity index (χ3v) is 7.44. The van der Waals surface area contributed by atoms with Crippen LogP contribution in [0, 0.1) is 6.92 Å². The van der Waals surface area contributed by atoms with E-state index in [2.05, 4.69) is 20.3 Å². The topological polar surface area (TPSA) is 150 Å². The molecule has 0 aliphatic rings. The van der Waals surface area contributed by atoms with Gasteiger partial charge >= 0.3 is 6.18 Å². The third kappa shape index (κ3) is 10.1. The molecular formula is C33H39F3N4O6. The quantitative estimate of drug-likeness (QED) is 0.166. The Balaban J connectivity index is 0.000000738. The average molecular weight is 645 g/mol. The molecule has 4 N–H and O–H groups in total. The summed E-state index contributed by atoms with van der Waals surface area (Å²) in [5.41, 5.74) is 4.82. The molecule has 2 heterocycles. The number of imidazole rings is 1. The van der Waals surface area contributed by atoms with Crippen molar-refractivity contribution in [3.63, 3.8) is 0 Å². The second kappa shape index (κ2) is 16.5. The van der Waals surface area contributed by atoms with E-state index in [-0.39, 0.29) is 18.4 Å². The number of carboxylic acids is 1. The summed E-state index contributed by atoms with van der Waals surface area (Å²) in [6, 6.07) is 13.5. The molecule has 0 fully saturated rings. The number of Topliss-reactive ketones (excluding diaryl/α,β-unsaturated/α-hetero) is 1. The molecule has 2 aromatic heterocycles. The summed E-state index contributed by atoms with van der Waals surface area (Å²) in [6.07, 6.45) is 1.63. The number of nitrogens with one attached hydrogen (secondary N) is 4. The lowest BCUT2D eigenvalue weighted by Crippen LogP contribution is -2.37. The first-order valence-corrected chi connectivity index (χ1v) is 14.9. The van der Waals surface area contributed by atoms with E-state index < -0.39 is 12.1 Å².